The summed E-state index contributed by atoms with van der Waals surface area (Å²) in [6, 6.07) is 8.25. The summed E-state index contributed by atoms with van der Waals surface area (Å²) in [5.74, 6) is 0.780. The van der Waals surface area contributed by atoms with E-state index in [9.17, 15) is 4.39 Å². The van der Waals surface area contributed by atoms with Crippen molar-refractivity contribution in [3.8, 4) is 5.88 Å². The first kappa shape index (κ1) is 14.8. The van der Waals surface area contributed by atoms with E-state index in [1.165, 1.54) is 6.07 Å². The largest absolute Gasteiger partial charge is 0.472 e. The number of rotatable bonds is 4. The van der Waals surface area contributed by atoms with Crippen molar-refractivity contribution in [1.82, 2.24) is 10.3 Å². The fraction of sp³-hybridized carbons (Fsp3) is 0.250. The van der Waals surface area contributed by atoms with Gasteiger partial charge in [0.05, 0.1) is 10.6 Å². The van der Waals surface area contributed by atoms with Crippen LogP contribution >= 0.6 is 11.6 Å². The van der Waals surface area contributed by atoms with E-state index in [1.807, 2.05) is 12.1 Å². The lowest BCUT2D eigenvalue weighted by Crippen LogP contribution is -2.30. The van der Waals surface area contributed by atoms with Gasteiger partial charge in [-0.2, -0.15) is 0 Å². The second-order valence-electron chi connectivity index (χ2n) is 4.86. The number of nitrogens with one attached hydrogen (secondary N) is 1. The van der Waals surface area contributed by atoms with Crippen LogP contribution in [-0.2, 0) is 6.61 Å². The quantitative estimate of drug-likeness (QED) is 0.941. The SMILES string of the molecule is Fc1cccc(Cl)c1COc1ncccc1C1=NCCCN1. The highest BCUT2D eigenvalue weighted by atomic mass is 35.5. The Morgan fingerprint density at radius 2 is 2.18 bits per heavy atom. The van der Waals surface area contributed by atoms with Crippen LogP contribution in [0.15, 0.2) is 41.5 Å². The number of halogens is 2. The van der Waals surface area contributed by atoms with E-state index in [0.717, 1.165) is 30.9 Å². The number of nitrogens with zero attached hydrogens (tertiary/aromatic N) is 2. The molecule has 0 saturated heterocycles. The molecule has 1 N–H and O–H groups in total. The van der Waals surface area contributed by atoms with Crippen LogP contribution < -0.4 is 10.1 Å². The zero-order valence-electron chi connectivity index (χ0n) is 11.9. The minimum absolute atomic E-state index is 0.0167. The molecule has 1 aliphatic rings. The molecule has 2 heterocycles. The molecule has 0 amide bonds. The molecule has 0 atom stereocenters. The van der Waals surface area contributed by atoms with Crippen molar-refractivity contribution < 1.29 is 9.13 Å². The second kappa shape index (κ2) is 6.75. The summed E-state index contributed by atoms with van der Waals surface area (Å²) in [6.45, 7) is 1.66. The van der Waals surface area contributed by atoms with Gasteiger partial charge in [0.15, 0.2) is 0 Å². The third-order valence-corrected chi connectivity index (χ3v) is 3.69. The molecule has 1 aromatic heterocycles. The molecule has 6 heteroatoms. The van der Waals surface area contributed by atoms with Gasteiger partial charge in [-0.25, -0.2) is 9.37 Å². The number of amidine groups is 1. The third-order valence-electron chi connectivity index (χ3n) is 3.34. The molecule has 0 fully saturated rings. The van der Waals surface area contributed by atoms with E-state index < -0.39 is 5.82 Å². The summed E-state index contributed by atoms with van der Waals surface area (Å²) in [5.41, 5.74) is 1.09. The summed E-state index contributed by atoms with van der Waals surface area (Å²) in [7, 11) is 0. The molecular weight excluding hydrogens is 305 g/mol. The Bertz CT molecular complexity index is 685. The maximum absolute atomic E-state index is 13.8. The maximum atomic E-state index is 13.8. The normalized spacial score (nSPS) is 14.2. The number of pyridine rings is 1. The van der Waals surface area contributed by atoms with Crippen LogP contribution in [0, 0.1) is 5.82 Å². The predicted molar refractivity (Wildman–Crippen MR) is 84.0 cm³/mol. The summed E-state index contributed by atoms with van der Waals surface area (Å²) < 4.78 is 19.5. The Labute approximate surface area is 133 Å². The third kappa shape index (κ3) is 3.20. The smallest absolute Gasteiger partial charge is 0.224 e. The minimum Gasteiger partial charge on any atom is -0.472 e. The van der Waals surface area contributed by atoms with E-state index in [1.54, 1.807) is 18.3 Å². The van der Waals surface area contributed by atoms with Crippen LogP contribution in [0.3, 0.4) is 0 Å². The Morgan fingerprint density at radius 1 is 1.27 bits per heavy atom. The molecule has 0 radical (unpaired) electrons. The van der Waals surface area contributed by atoms with Crippen LogP contribution in [-0.4, -0.2) is 23.9 Å². The highest BCUT2D eigenvalue weighted by Crippen LogP contribution is 2.22. The summed E-state index contributed by atoms with van der Waals surface area (Å²) in [6.07, 6.45) is 2.63. The number of aliphatic imine (C=N–C) groups is 1. The number of hydrogen-bond donors (Lipinski definition) is 1. The summed E-state index contributed by atoms with van der Waals surface area (Å²) in [4.78, 5) is 8.66. The zero-order valence-corrected chi connectivity index (χ0v) is 12.6. The van der Waals surface area contributed by atoms with Gasteiger partial charge < -0.3 is 10.1 Å². The number of aromatic nitrogens is 1. The van der Waals surface area contributed by atoms with Gasteiger partial charge in [-0.1, -0.05) is 17.7 Å². The van der Waals surface area contributed by atoms with E-state index >= 15 is 0 Å². The molecule has 0 aliphatic carbocycles. The second-order valence-corrected chi connectivity index (χ2v) is 5.26. The van der Waals surface area contributed by atoms with Gasteiger partial charge in [-0.3, -0.25) is 4.99 Å². The molecule has 4 nitrogen and oxygen atoms in total. The summed E-state index contributed by atoms with van der Waals surface area (Å²) >= 11 is 6.01. The molecule has 0 saturated carbocycles. The van der Waals surface area contributed by atoms with Crippen molar-refractivity contribution in [1.29, 1.82) is 0 Å². The lowest BCUT2D eigenvalue weighted by molar-refractivity contribution is 0.287. The van der Waals surface area contributed by atoms with Crippen LogP contribution in [0.4, 0.5) is 4.39 Å². The van der Waals surface area contributed by atoms with E-state index in [2.05, 4.69) is 15.3 Å². The highest BCUT2D eigenvalue weighted by molar-refractivity contribution is 6.31. The fourth-order valence-corrected chi connectivity index (χ4v) is 2.43. The Balaban J connectivity index is 1.83. The Morgan fingerprint density at radius 3 is 2.95 bits per heavy atom. The molecule has 1 aliphatic heterocycles. The van der Waals surface area contributed by atoms with Crippen molar-refractivity contribution in [2.75, 3.05) is 13.1 Å². The van der Waals surface area contributed by atoms with Gasteiger partial charge in [0.2, 0.25) is 5.88 Å². The molecule has 114 valence electrons. The molecule has 22 heavy (non-hydrogen) atoms. The standard InChI is InChI=1S/C16H15ClFN3O/c17-13-5-1-6-14(18)12(13)10-22-16-11(4-2-7-21-16)15-19-8-3-9-20-15/h1-2,4-7H,3,8-10H2,(H,19,20). The predicted octanol–water partition coefficient (Wildman–Crippen LogP) is 3.19. The molecule has 0 bridgehead atoms. The van der Waals surface area contributed by atoms with Gasteiger partial charge in [0.1, 0.15) is 18.3 Å². The van der Waals surface area contributed by atoms with E-state index in [0.29, 0.717) is 16.5 Å². The summed E-state index contributed by atoms with van der Waals surface area (Å²) in [5, 5.41) is 3.57. The number of hydrogen-bond acceptors (Lipinski definition) is 4. The van der Waals surface area contributed by atoms with Crippen molar-refractivity contribution in [3.63, 3.8) is 0 Å². The van der Waals surface area contributed by atoms with Crippen LogP contribution in [0.2, 0.25) is 5.02 Å². The van der Waals surface area contributed by atoms with Gasteiger partial charge in [-0.05, 0) is 30.7 Å². The van der Waals surface area contributed by atoms with Crippen molar-refractivity contribution in [2.45, 2.75) is 13.0 Å². The topological polar surface area (TPSA) is 46.5 Å². The fourth-order valence-electron chi connectivity index (χ4n) is 2.21. The van der Waals surface area contributed by atoms with Crippen molar-refractivity contribution in [3.05, 3.63) is 58.5 Å². The monoisotopic (exact) mass is 319 g/mol. The molecule has 2 aromatic rings. The maximum Gasteiger partial charge on any atom is 0.224 e. The van der Waals surface area contributed by atoms with E-state index in [4.69, 9.17) is 16.3 Å². The molecule has 0 spiro atoms. The van der Waals surface area contributed by atoms with Gasteiger partial charge in [0, 0.05) is 24.8 Å². The lowest BCUT2D eigenvalue weighted by Gasteiger charge is -2.17. The average molecular weight is 320 g/mol. The van der Waals surface area contributed by atoms with Crippen LogP contribution in [0.1, 0.15) is 17.5 Å². The van der Waals surface area contributed by atoms with Crippen LogP contribution in [0.5, 0.6) is 5.88 Å². The molecular formula is C16H15ClFN3O. The minimum atomic E-state index is -0.391. The highest BCUT2D eigenvalue weighted by Gasteiger charge is 2.15. The Hall–Kier alpha value is -2.14. The van der Waals surface area contributed by atoms with Gasteiger partial charge in [-0.15, -0.1) is 0 Å². The first-order valence-electron chi connectivity index (χ1n) is 7.05. The zero-order chi connectivity index (χ0) is 15.4. The number of ether oxygens (including phenoxy) is 1. The van der Waals surface area contributed by atoms with Crippen molar-refractivity contribution in [2.24, 2.45) is 4.99 Å². The van der Waals surface area contributed by atoms with Crippen molar-refractivity contribution >= 4 is 17.4 Å². The van der Waals surface area contributed by atoms with Gasteiger partial charge in [0.25, 0.3) is 0 Å². The lowest BCUT2D eigenvalue weighted by atomic mass is 10.2. The molecule has 1 aromatic carbocycles. The van der Waals surface area contributed by atoms with Gasteiger partial charge >= 0.3 is 0 Å². The van der Waals surface area contributed by atoms with E-state index in [-0.39, 0.29) is 6.61 Å². The first-order valence-corrected chi connectivity index (χ1v) is 7.43. The van der Waals surface area contributed by atoms with Crippen LogP contribution in [0.25, 0.3) is 0 Å². The Kier molecular flexibility index (Phi) is 4.53. The number of benzene rings is 1. The molecule has 3 rings (SSSR count). The average Bonchev–Trinajstić information content (AvgIpc) is 2.56. The first-order chi connectivity index (χ1) is 10.8. The molecule has 0 unspecified atom stereocenters.